The molecule has 1 amide bonds. The van der Waals surface area contributed by atoms with Crippen LogP contribution in [0, 0.1) is 0 Å². The molecule has 25 heavy (non-hydrogen) atoms. The fourth-order valence-corrected chi connectivity index (χ4v) is 2.86. The van der Waals surface area contributed by atoms with E-state index in [0.29, 0.717) is 11.2 Å². The zero-order chi connectivity index (χ0) is 18.0. The minimum absolute atomic E-state index is 0.105. The van der Waals surface area contributed by atoms with E-state index in [1.807, 2.05) is 19.9 Å². The third-order valence-corrected chi connectivity index (χ3v) is 4.13. The molecule has 0 aliphatic heterocycles. The van der Waals surface area contributed by atoms with E-state index in [2.05, 4.69) is 36.3 Å². The van der Waals surface area contributed by atoms with Crippen molar-refractivity contribution < 1.29 is 4.79 Å². The first-order valence-corrected chi connectivity index (χ1v) is 8.51. The molecule has 0 spiro atoms. The van der Waals surface area contributed by atoms with Gasteiger partial charge in [0.25, 0.3) is 5.56 Å². The van der Waals surface area contributed by atoms with Crippen molar-refractivity contribution in [3.8, 4) is 0 Å². The SMILES string of the molecule is CC(C)c1nn(CC(=O)Nc2ccncn2)c(=O)c2ccc(Br)cc12. The van der Waals surface area contributed by atoms with E-state index in [1.165, 1.54) is 17.2 Å². The summed E-state index contributed by atoms with van der Waals surface area (Å²) >= 11 is 3.42. The topological polar surface area (TPSA) is 89.8 Å². The van der Waals surface area contributed by atoms with E-state index in [1.54, 1.807) is 18.2 Å². The Morgan fingerprint density at radius 3 is 2.76 bits per heavy atom. The summed E-state index contributed by atoms with van der Waals surface area (Å²) < 4.78 is 2.07. The molecule has 3 aromatic rings. The van der Waals surface area contributed by atoms with Crippen LogP contribution < -0.4 is 10.9 Å². The molecule has 0 bridgehead atoms. The lowest BCUT2D eigenvalue weighted by atomic mass is 10.0. The van der Waals surface area contributed by atoms with Gasteiger partial charge in [0, 0.05) is 16.1 Å². The number of hydrogen-bond donors (Lipinski definition) is 1. The van der Waals surface area contributed by atoms with Gasteiger partial charge in [-0.05, 0) is 30.2 Å². The molecule has 0 aliphatic carbocycles. The number of rotatable bonds is 4. The van der Waals surface area contributed by atoms with Crippen LogP contribution in [-0.4, -0.2) is 25.7 Å². The lowest BCUT2D eigenvalue weighted by Gasteiger charge is -2.13. The number of carbonyl (C=O) groups is 1. The molecular formula is C17H16BrN5O2. The first-order chi connectivity index (χ1) is 12.0. The first kappa shape index (κ1) is 17.2. The summed E-state index contributed by atoms with van der Waals surface area (Å²) in [6.07, 6.45) is 2.86. The maximum atomic E-state index is 12.7. The number of halogens is 1. The quantitative estimate of drug-likeness (QED) is 0.725. The van der Waals surface area contributed by atoms with Gasteiger partial charge in [-0.2, -0.15) is 5.10 Å². The summed E-state index contributed by atoms with van der Waals surface area (Å²) in [7, 11) is 0. The highest BCUT2D eigenvalue weighted by Crippen LogP contribution is 2.24. The molecule has 0 unspecified atom stereocenters. The second-order valence-corrected chi connectivity index (χ2v) is 6.75. The molecule has 2 heterocycles. The summed E-state index contributed by atoms with van der Waals surface area (Å²) in [6, 6.07) is 7.00. The van der Waals surface area contributed by atoms with Crippen LogP contribution in [0.3, 0.4) is 0 Å². The van der Waals surface area contributed by atoms with Gasteiger partial charge >= 0.3 is 0 Å². The summed E-state index contributed by atoms with van der Waals surface area (Å²) in [5.41, 5.74) is 0.468. The molecule has 2 aromatic heterocycles. The normalized spacial score (nSPS) is 11.0. The van der Waals surface area contributed by atoms with Crippen LogP contribution in [0.4, 0.5) is 5.82 Å². The second-order valence-electron chi connectivity index (χ2n) is 5.84. The van der Waals surface area contributed by atoms with Crippen LogP contribution >= 0.6 is 15.9 Å². The van der Waals surface area contributed by atoms with Crippen molar-refractivity contribution in [2.24, 2.45) is 0 Å². The summed E-state index contributed by atoms with van der Waals surface area (Å²) in [6.45, 7) is 3.81. The fourth-order valence-electron chi connectivity index (χ4n) is 2.50. The molecule has 7 nitrogen and oxygen atoms in total. The fraction of sp³-hybridized carbons (Fsp3) is 0.235. The molecule has 0 saturated carbocycles. The highest BCUT2D eigenvalue weighted by atomic mass is 79.9. The minimum Gasteiger partial charge on any atom is -0.309 e. The van der Waals surface area contributed by atoms with Crippen LogP contribution in [0.15, 0.2) is 46.1 Å². The van der Waals surface area contributed by atoms with E-state index < -0.39 is 0 Å². The van der Waals surface area contributed by atoms with Gasteiger partial charge in [0.1, 0.15) is 18.7 Å². The zero-order valence-electron chi connectivity index (χ0n) is 13.7. The van der Waals surface area contributed by atoms with E-state index in [9.17, 15) is 9.59 Å². The lowest BCUT2D eigenvalue weighted by molar-refractivity contribution is -0.117. The van der Waals surface area contributed by atoms with Crippen LogP contribution in [0.1, 0.15) is 25.5 Å². The number of carbonyl (C=O) groups excluding carboxylic acids is 1. The van der Waals surface area contributed by atoms with Gasteiger partial charge in [0.05, 0.1) is 11.1 Å². The predicted octanol–water partition coefficient (Wildman–Crippen LogP) is 2.71. The van der Waals surface area contributed by atoms with Gasteiger partial charge in [0.2, 0.25) is 5.91 Å². The Bertz CT molecular complexity index is 985. The minimum atomic E-state index is -0.375. The first-order valence-electron chi connectivity index (χ1n) is 7.72. The van der Waals surface area contributed by atoms with Gasteiger partial charge in [-0.3, -0.25) is 9.59 Å². The molecule has 0 fully saturated rings. The Balaban J connectivity index is 1.99. The second kappa shape index (κ2) is 7.10. The molecule has 0 aliphatic rings. The lowest BCUT2D eigenvalue weighted by Crippen LogP contribution is -2.31. The summed E-state index contributed by atoms with van der Waals surface area (Å²) in [4.78, 5) is 32.6. The number of benzene rings is 1. The summed E-state index contributed by atoms with van der Waals surface area (Å²) in [5, 5.41) is 8.37. The standard InChI is InChI=1S/C17H16BrN5O2/c1-10(2)16-13-7-11(18)3-4-12(13)17(25)23(22-16)8-15(24)21-14-5-6-19-9-20-14/h3-7,9-10H,8H2,1-2H3,(H,19,20,21,24). The molecular weight excluding hydrogens is 386 g/mol. The van der Waals surface area contributed by atoms with Gasteiger partial charge in [-0.15, -0.1) is 0 Å². The maximum Gasteiger partial charge on any atom is 0.275 e. The Morgan fingerprint density at radius 2 is 2.08 bits per heavy atom. The van der Waals surface area contributed by atoms with Crippen LogP contribution in [0.5, 0.6) is 0 Å². The number of nitrogens with one attached hydrogen (secondary N) is 1. The van der Waals surface area contributed by atoms with E-state index >= 15 is 0 Å². The molecule has 1 aromatic carbocycles. The molecule has 3 rings (SSSR count). The van der Waals surface area contributed by atoms with E-state index in [-0.39, 0.29) is 23.9 Å². The smallest absolute Gasteiger partial charge is 0.275 e. The average molecular weight is 402 g/mol. The monoisotopic (exact) mass is 401 g/mol. The third-order valence-electron chi connectivity index (χ3n) is 3.64. The van der Waals surface area contributed by atoms with Crippen molar-refractivity contribution in [1.82, 2.24) is 19.7 Å². The van der Waals surface area contributed by atoms with E-state index in [4.69, 9.17) is 0 Å². The zero-order valence-corrected chi connectivity index (χ0v) is 15.3. The van der Waals surface area contributed by atoms with E-state index in [0.717, 1.165) is 15.6 Å². The average Bonchev–Trinajstić information content (AvgIpc) is 2.57. The molecule has 0 saturated heterocycles. The van der Waals surface area contributed by atoms with Gasteiger partial charge < -0.3 is 5.32 Å². The highest BCUT2D eigenvalue weighted by molar-refractivity contribution is 9.10. The Morgan fingerprint density at radius 1 is 1.28 bits per heavy atom. The largest absolute Gasteiger partial charge is 0.309 e. The molecule has 1 N–H and O–H groups in total. The van der Waals surface area contributed by atoms with Crippen molar-refractivity contribution in [3.05, 3.63) is 57.3 Å². The maximum absolute atomic E-state index is 12.7. The van der Waals surface area contributed by atoms with Gasteiger partial charge in [-0.1, -0.05) is 29.8 Å². The molecule has 0 radical (unpaired) electrons. The number of aromatic nitrogens is 4. The van der Waals surface area contributed by atoms with Gasteiger partial charge in [0.15, 0.2) is 0 Å². The number of anilines is 1. The number of nitrogens with zero attached hydrogens (tertiary/aromatic N) is 4. The Hall–Kier alpha value is -2.61. The molecule has 0 atom stereocenters. The van der Waals surface area contributed by atoms with Crippen molar-refractivity contribution in [3.63, 3.8) is 0 Å². The molecule has 8 heteroatoms. The molecule has 128 valence electrons. The van der Waals surface area contributed by atoms with Crippen molar-refractivity contribution in [1.29, 1.82) is 0 Å². The van der Waals surface area contributed by atoms with Crippen molar-refractivity contribution >= 4 is 38.4 Å². The Kier molecular flexibility index (Phi) is 4.89. The number of amides is 1. The number of fused-ring (bicyclic) bond motifs is 1. The van der Waals surface area contributed by atoms with Gasteiger partial charge in [-0.25, -0.2) is 14.6 Å². The van der Waals surface area contributed by atoms with Crippen molar-refractivity contribution in [2.45, 2.75) is 26.3 Å². The predicted molar refractivity (Wildman–Crippen MR) is 98.5 cm³/mol. The summed E-state index contributed by atoms with van der Waals surface area (Å²) in [5.74, 6) is 0.106. The van der Waals surface area contributed by atoms with Crippen molar-refractivity contribution in [2.75, 3.05) is 5.32 Å². The highest BCUT2D eigenvalue weighted by Gasteiger charge is 2.15. The van der Waals surface area contributed by atoms with Crippen LogP contribution in [0.2, 0.25) is 0 Å². The number of hydrogen-bond acceptors (Lipinski definition) is 5. The third kappa shape index (κ3) is 3.74. The van der Waals surface area contributed by atoms with Crippen LogP contribution in [0.25, 0.3) is 10.8 Å². The van der Waals surface area contributed by atoms with Crippen LogP contribution in [-0.2, 0) is 11.3 Å². The Labute approximate surface area is 152 Å².